The Morgan fingerprint density at radius 1 is 1.26 bits per heavy atom. The van der Waals surface area contributed by atoms with Gasteiger partial charge in [-0.3, -0.25) is 0 Å². The first-order chi connectivity index (χ1) is 12.9. The van der Waals surface area contributed by atoms with Crippen LogP contribution in [0.15, 0.2) is 28.8 Å². The third-order valence-electron chi connectivity index (χ3n) is 5.71. The number of aromatic nitrogens is 2. The Hall–Kier alpha value is -1.84. The maximum Gasteiger partial charge on any atom is 0.232 e. The van der Waals surface area contributed by atoms with E-state index in [9.17, 15) is 12.8 Å². The van der Waals surface area contributed by atoms with Gasteiger partial charge in [0.1, 0.15) is 5.82 Å². The summed E-state index contributed by atoms with van der Waals surface area (Å²) >= 11 is 0. The molecular formula is C18H22FN3O4S. The summed E-state index contributed by atoms with van der Waals surface area (Å²) in [5.74, 6) is 0.370. The van der Waals surface area contributed by atoms with E-state index < -0.39 is 10.0 Å². The Bertz CT molecular complexity index is 907. The molecule has 2 aromatic rings. The molecule has 0 amide bonds. The zero-order valence-corrected chi connectivity index (χ0v) is 15.9. The fraction of sp³-hybridized carbons (Fsp3) is 0.556. The molecule has 2 saturated heterocycles. The van der Waals surface area contributed by atoms with Crippen molar-refractivity contribution >= 4 is 10.0 Å². The number of nitrogens with zero attached hydrogens (tertiary/aromatic N) is 3. The molecule has 0 N–H and O–H groups in total. The van der Waals surface area contributed by atoms with Gasteiger partial charge in [0.15, 0.2) is 0 Å². The van der Waals surface area contributed by atoms with E-state index in [1.165, 1.54) is 12.1 Å². The third kappa shape index (κ3) is 3.39. The van der Waals surface area contributed by atoms with Crippen LogP contribution in [-0.2, 0) is 14.8 Å². The summed E-state index contributed by atoms with van der Waals surface area (Å²) in [5, 5.41) is 4.04. The quantitative estimate of drug-likeness (QED) is 0.790. The van der Waals surface area contributed by atoms with Crippen LogP contribution < -0.4 is 0 Å². The lowest BCUT2D eigenvalue weighted by atomic mass is 9.72. The number of rotatable bonds is 4. The molecule has 146 valence electrons. The van der Waals surface area contributed by atoms with Crippen LogP contribution >= 0.6 is 0 Å². The monoisotopic (exact) mass is 395 g/mol. The smallest absolute Gasteiger partial charge is 0.232 e. The van der Waals surface area contributed by atoms with E-state index in [4.69, 9.17) is 9.26 Å². The highest BCUT2D eigenvalue weighted by Crippen LogP contribution is 2.50. The zero-order valence-electron chi connectivity index (χ0n) is 15.1. The van der Waals surface area contributed by atoms with E-state index in [2.05, 4.69) is 10.1 Å². The first-order valence-corrected chi connectivity index (χ1v) is 10.7. The van der Waals surface area contributed by atoms with E-state index in [0.717, 1.165) is 12.8 Å². The first-order valence-electron chi connectivity index (χ1n) is 9.09. The summed E-state index contributed by atoms with van der Waals surface area (Å²) < 4.78 is 50.6. The standard InChI is InChI=1S/C18H22FN3O4S/c1-2-27(23,24)22-11-15(18(12-22)7-9-25-10-8-18)17-20-16(21-26-17)13-3-5-14(19)6-4-13/h3-6,15H,2,7-12H2,1H3. The van der Waals surface area contributed by atoms with Crippen molar-refractivity contribution in [3.8, 4) is 11.4 Å². The predicted molar refractivity (Wildman–Crippen MR) is 96.0 cm³/mol. The van der Waals surface area contributed by atoms with E-state index in [0.29, 0.717) is 43.6 Å². The van der Waals surface area contributed by atoms with Gasteiger partial charge in [-0.15, -0.1) is 0 Å². The molecule has 27 heavy (non-hydrogen) atoms. The Balaban J connectivity index is 1.67. The van der Waals surface area contributed by atoms with Crippen molar-refractivity contribution in [3.05, 3.63) is 36.0 Å². The van der Waals surface area contributed by atoms with Gasteiger partial charge < -0.3 is 9.26 Å². The molecule has 3 heterocycles. The highest BCUT2D eigenvalue weighted by atomic mass is 32.2. The van der Waals surface area contributed by atoms with E-state index >= 15 is 0 Å². The summed E-state index contributed by atoms with van der Waals surface area (Å²) in [5.41, 5.74) is 0.399. The van der Waals surface area contributed by atoms with Gasteiger partial charge in [0, 0.05) is 37.3 Å². The Morgan fingerprint density at radius 2 is 1.96 bits per heavy atom. The molecular weight excluding hydrogens is 373 g/mol. The number of ether oxygens (including phenoxy) is 1. The van der Waals surface area contributed by atoms with Gasteiger partial charge in [0.2, 0.25) is 21.7 Å². The lowest BCUT2D eigenvalue weighted by Gasteiger charge is -2.36. The summed E-state index contributed by atoms with van der Waals surface area (Å²) in [6.07, 6.45) is 1.50. The molecule has 7 nitrogen and oxygen atoms in total. The largest absolute Gasteiger partial charge is 0.381 e. The predicted octanol–water partition coefficient (Wildman–Crippen LogP) is 2.42. The molecule has 1 atom stereocenters. The fourth-order valence-corrected chi connectivity index (χ4v) is 5.23. The van der Waals surface area contributed by atoms with Crippen molar-refractivity contribution in [3.63, 3.8) is 0 Å². The van der Waals surface area contributed by atoms with Crippen molar-refractivity contribution in [2.75, 3.05) is 32.1 Å². The minimum atomic E-state index is -3.30. The summed E-state index contributed by atoms with van der Waals surface area (Å²) in [6, 6.07) is 5.88. The molecule has 0 aliphatic carbocycles. The summed E-state index contributed by atoms with van der Waals surface area (Å²) in [7, 11) is -3.30. The minimum absolute atomic E-state index is 0.0664. The average Bonchev–Trinajstić information content (AvgIpc) is 3.29. The second-order valence-electron chi connectivity index (χ2n) is 7.18. The molecule has 4 rings (SSSR count). The molecule has 2 aliphatic rings. The van der Waals surface area contributed by atoms with Crippen LogP contribution in [0.2, 0.25) is 0 Å². The highest BCUT2D eigenvalue weighted by molar-refractivity contribution is 7.89. The lowest BCUT2D eigenvalue weighted by Crippen LogP contribution is -2.37. The number of hydrogen-bond acceptors (Lipinski definition) is 6. The van der Waals surface area contributed by atoms with Crippen molar-refractivity contribution in [1.82, 2.24) is 14.4 Å². The molecule has 2 fully saturated rings. The van der Waals surface area contributed by atoms with Gasteiger partial charge in [-0.1, -0.05) is 5.16 Å². The SMILES string of the molecule is CCS(=O)(=O)N1CC(c2nc(-c3ccc(F)cc3)no2)C2(CCOCC2)C1. The fourth-order valence-electron chi connectivity index (χ4n) is 4.04. The summed E-state index contributed by atoms with van der Waals surface area (Å²) in [6.45, 7) is 3.62. The molecule has 9 heteroatoms. The van der Waals surface area contributed by atoms with Crippen LogP contribution in [-0.4, -0.2) is 54.9 Å². The van der Waals surface area contributed by atoms with Crippen LogP contribution in [0.1, 0.15) is 31.6 Å². The van der Waals surface area contributed by atoms with Crippen molar-refractivity contribution in [2.45, 2.75) is 25.7 Å². The Morgan fingerprint density at radius 3 is 2.63 bits per heavy atom. The van der Waals surface area contributed by atoms with Gasteiger partial charge in [-0.2, -0.15) is 4.98 Å². The molecule has 2 aliphatic heterocycles. The molecule has 1 spiro atoms. The van der Waals surface area contributed by atoms with E-state index in [-0.39, 0.29) is 22.9 Å². The minimum Gasteiger partial charge on any atom is -0.381 e. The number of halogens is 1. The maximum atomic E-state index is 13.1. The van der Waals surface area contributed by atoms with Gasteiger partial charge in [0.05, 0.1) is 11.7 Å². The normalized spacial score (nSPS) is 23.1. The first kappa shape index (κ1) is 18.5. The molecule has 1 aromatic heterocycles. The zero-order chi connectivity index (χ0) is 19.1. The number of benzene rings is 1. The van der Waals surface area contributed by atoms with Gasteiger partial charge in [-0.25, -0.2) is 17.1 Å². The second kappa shape index (κ2) is 6.96. The van der Waals surface area contributed by atoms with Crippen molar-refractivity contribution in [1.29, 1.82) is 0 Å². The van der Waals surface area contributed by atoms with E-state index in [1.54, 1.807) is 23.4 Å². The molecule has 0 bridgehead atoms. The van der Waals surface area contributed by atoms with Gasteiger partial charge in [0.25, 0.3) is 0 Å². The lowest BCUT2D eigenvalue weighted by molar-refractivity contribution is 0.0104. The Labute approximate surface area is 157 Å². The topological polar surface area (TPSA) is 85.5 Å². The molecule has 1 unspecified atom stereocenters. The van der Waals surface area contributed by atoms with Crippen LogP contribution in [0.25, 0.3) is 11.4 Å². The molecule has 1 aromatic carbocycles. The second-order valence-corrected chi connectivity index (χ2v) is 9.44. The molecule has 0 saturated carbocycles. The van der Waals surface area contributed by atoms with Crippen LogP contribution in [0, 0.1) is 11.2 Å². The van der Waals surface area contributed by atoms with E-state index in [1.807, 2.05) is 0 Å². The van der Waals surface area contributed by atoms with Crippen molar-refractivity contribution < 1.29 is 22.1 Å². The van der Waals surface area contributed by atoms with Gasteiger partial charge >= 0.3 is 0 Å². The van der Waals surface area contributed by atoms with Crippen LogP contribution in [0.5, 0.6) is 0 Å². The number of hydrogen-bond donors (Lipinski definition) is 0. The average molecular weight is 395 g/mol. The maximum absolute atomic E-state index is 13.1. The third-order valence-corrected chi connectivity index (χ3v) is 7.50. The number of sulfonamides is 1. The Kier molecular flexibility index (Phi) is 4.77. The van der Waals surface area contributed by atoms with Crippen LogP contribution in [0.3, 0.4) is 0 Å². The molecule has 0 radical (unpaired) electrons. The highest BCUT2D eigenvalue weighted by Gasteiger charge is 2.52. The van der Waals surface area contributed by atoms with Crippen molar-refractivity contribution in [2.24, 2.45) is 5.41 Å². The van der Waals surface area contributed by atoms with Gasteiger partial charge in [-0.05, 0) is 44.0 Å². The summed E-state index contributed by atoms with van der Waals surface area (Å²) in [4.78, 5) is 4.52. The van der Waals surface area contributed by atoms with Crippen LogP contribution in [0.4, 0.5) is 4.39 Å².